The summed E-state index contributed by atoms with van der Waals surface area (Å²) < 4.78 is 5.22. The highest BCUT2D eigenvalue weighted by Crippen LogP contribution is 2.14. The molecule has 2 heterocycles. The van der Waals surface area contributed by atoms with Crippen LogP contribution in [0.15, 0.2) is 29.2 Å². The molecule has 0 aliphatic carbocycles. The van der Waals surface area contributed by atoms with Crippen molar-refractivity contribution in [2.45, 2.75) is 39.2 Å². The molecule has 2 rings (SSSR count). The number of ether oxygens (including phenoxy) is 1. The van der Waals surface area contributed by atoms with E-state index in [1.807, 2.05) is 0 Å². The summed E-state index contributed by atoms with van der Waals surface area (Å²) in [6.45, 7) is 2.22. The van der Waals surface area contributed by atoms with Crippen molar-refractivity contribution in [2.24, 2.45) is 0 Å². The Bertz CT molecular complexity index is 649. The molecule has 2 aromatic heterocycles. The fourth-order valence-electron chi connectivity index (χ4n) is 2.00. The maximum Gasteiger partial charge on any atom is 0.306 e. The van der Waals surface area contributed by atoms with Gasteiger partial charge in [0, 0.05) is 24.1 Å². The third-order valence-corrected chi connectivity index (χ3v) is 3.09. The van der Waals surface area contributed by atoms with Gasteiger partial charge in [0.25, 0.3) is 0 Å². The van der Waals surface area contributed by atoms with Crippen LogP contribution in [0.2, 0.25) is 0 Å². The number of H-pyrrole nitrogens is 1. The number of nitrogens with one attached hydrogen (secondary N) is 1. The average Bonchev–Trinajstić information content (AvgIpc) is 2.45. The number of hydrogen-bond donors (Lipinski definition) is 1. The maximum atomic E-state index is 11.6. The summed E-state index contributed by atoms with van der Waals surface area (Å²) in [4.78, 5) is 29.7. The first-order valence-electron chi connectivity index (χ1n) is 6.83. The Morgan fingerprint density at radius 3 is 2.95 bits per heavy atom. The van der Waals surface area contributed by atoms with Crippen molar-refractivity contribution in [3.8, 4) is 0 Å². The zero-order valence-electron chi connectivity index (χ0n) is 11.5. The molecule has 0 saturated carbocycles. The lowest BCUT2D eigenvalue weighted by Crippen LogP contribution is -2.07. The predicted molar refractivity (Wildman–Crippen MR) is 76.3 cm³/mol. The van der Waals surface area contributed by atoms with E-state index >= 15 is 0 Å². The van der Waals surface area contributed by atoms with Crippen molar-refractivity contribution in [2.75, 3.05) is 0 Å². The number of rotatable bonds is 6. The summed E-state index contributed by atoms with van der Waals surface area (Å²) in [6, 6.07) is 4.86. The van der Waals surface area contributed by atoms with Crippen molar-refractivity contribution in [3.05, 3.63) is 40.4 Å². The van der Waals surface area contributed by atoms with E-state index in [0.717, 1.165) is 24.6 Å². The SMILES string of the molecule is CCCCCC(=O)OCc1nccc2[nH]c(=O)ccc12. The summed E-state index contributed by atoms with van der Waals surface area (Å²) in [6.07, 6.45) is 4.99. The van der Waals surface area contributed by atoms with Crippen LogP contribution in [0.4, 0.5) is 0 Å². The first-order chi connectivity index (χ1) is 9.70. The maximum absolute atomic E-state index is 11.6. The molecule has 5 heteroatoms. The number of aromatic amines is 1. The van der Waals surface area contributed by atoms with E-state index in [4.69, 9.17) is 4.74 Å². The van der Waals surface area contributed by atoms with Crippen molar-refractivity contribution in [1.29, 1.82) is 0 Å². The first kappa shape index (κ1) is 14.2. The Kier molecular flexibility index (Phi) is 4.87. The van der Waals surface area contributed by atoms with Gasteiger partial charge >= 0.3 is 5.97 Å². The minimum atomic E-state index is -0.207. The van der Waals surface area contributed by atoms with E-state index in [1.165, 1.54) is 6.07 Å². The minimum absolute atomic E-state index is 0.133. The molecule has 0 bridgehead atoms. The van der Waals surface area contributed by atoms with Gasteiger partial charge in [-0.3, -0.25) is 14.6 Å². The van der Waals surface area contributed by atoms with E-state index in [-0.39, 0.29) is 18.1 Å². The Morgan fingerprint density at radius 2 is 2.15 bits per heavy atom. The molecular weight excluding hydrogens is 256 g/mol. The number of fused-ring (bicyclic) bond motifs is 1. The highest BCUT2D eigenvalue weighted by molar-refractivity contribution is 5.80. The molecule has 0 aromatic carbocycles. The molecule has 0 spiro atoms. The molecule has 0 radical (unpaired) electrons. The van der Waals surface area contributed by atoms with Crippen LogP contribution in [-0.4, -0.2) is 15.9 Å². The molecule has 0 aliphatic rings. The quantitative estimate of drug-likeness (QED) is 0.649. The van der Waals surface area contributed by atoms with E-state index in [2.05, 4.69) is 16.9 Å². The minimum Gasteiger partial charge on any atom is -0.459 e. The number of aromatic nitrogens is 2. The molecule has 0 saturated heterocycles. The molecule has 106 valence electrons. The number of nitrogens with zero attached hydrogens (tertiary/aromatic N) is 1. The summed E-state index contributed by atoms with van der Waals surface area (Å²) in [5.41, 5.74) is 1.19. The van der Waals surface area contributed by atoms with Crippen molar-refractivity contribution >= 4 is 16.9 Å². The van der Waals surface area contributed by atoms with Gasteiger partial charge in [0.05, 0.1) is 11.2 Å². The summed E-state index contributed by atoms with van der Waals surface area (Å²) in [7, 11) is 0. The Balaban J connectivity index is 2.03. The molecular formula is C15H18N2O3. The van der Waals surface area contributed by atoms with Crippen LogP contribution < -0.4 is 5.56 Å². The average molecular weight is 274 g/mol. The monoisotopic (exact) mass is 274 g/mol. The van der Waals surface area contributed by atoms with Crippen LogP contribution >= 0.6 is 0 Å². The Hall–Kier alpha value is -2.17. The van der Waals surface area contributed by atoms with Crippen molar-refractivity contribution < 1.29 is 9.53 Å². The highest BCUT2D eigenvalue weighted by atomic mass is 16.5. The van der Waals surface area contributed by atoms with Crippen LogP contribution in [0.5, 0.6) is 0 Å². The summed E-state index contributed by atoms with van der Waals surface area (Å²) in [5.74, 6) is -0.207. The lowest BCUT2D eigenvalue weighted by molar-refractivity contribution is -0.145. The van der Waals surface area contributed by atoms with Gasteiger partial charge in [-0.1, -0.05) is 19.8 Å². The van der Waals surface area contributed by atoms with Gasteiger partial charge < -0.3 is 9.72 Å². The third kappa shape index (κ3) is 3.66. The molecule has 0 fully saturated rings. The normalized spacial score (nSPS) is 10.7. The second-order valence-corrected chi connectivity index (χ2v) is 4.66. The summed E-state index contributed by atoms with van der Waals surface area (Å²) >= 11 is 0. The van der Waals surface area contributed by atoms with Gasteiger partial charge in [0.2, 0.25) is 5.56 Å². The fraction of sp³-hybridized carbons (Fsp3) is 0.400. The molecule has 0 atom stereocenters. The van der Waals surface area contributed by atoms with Crippen LogP contribution in [0.25, 0.3) is 10.9 Å². The van der Waals surface area contributed by atoms with Crippen LogP contribution in [-0.2, 0) is 16.1 Å². The first-order valence-corrected chi connectivity index (χ1v) is 6.83. The smallest absolute Gasteiger partial charge is 0.306 e. The van der Waals surface area contributed by atoms with E-state index in [0.29, 0.717) is 17.6 Å². The number of hydrogen-bond acceptors (Lipinski definition) is 4. The lowest BCUT2D eigenvalue weighted by Gasteiger charge is -2.06. The Morgan fingerprint density at radius 1 is 1.30 bits per heavy atom. The Labute approximate surface area is 117 Å². The van der Waals surface area contributed by atoms with E-state index < -0.39 is 0 Å². The van der Waals surface area contributed by atoms with Gasteiger partial charge in [0.1, 0.15) is 6.61 Å². The van der Waals surface area contributed by atoms with Gasteiger partial charge in [-0.25, -0.2) is 0 Å². The lowest BCUT2D eigenvalue weighted by atomic mass is 10.2. The van der Waals surface area contributed by atoms with Gasteiger partial charge in [-0.15, -0.1) is 0 Å². The molecule has 20 heavy (non-hydrogen) atoms. The number of esters is 1. The molecule has 2 aromatic rings. The number of unbranched alkanes of at least 4 members (excludes halogenated alkanes) is 2. The predicted octanol–water partition coefficient (Wildman–Crippen LogP) is 2.55. The number of carbonyl (C=O) groups excluding carboxylic acids is 1. The second-order valence-electron chi connectivity index (χ2n) is 4.66. The van der Waals surface area contributed by atoms with Crippen LogP contribution in [0.3, 0.4) is 0 Å². The fourth-order valence-corrected chi connectivity index (χ4v) is 2.00. The molecule has 0 amide bonds. The molecule has 0 aliphatic heterocycles. The zero-order chi connectivity index (χ0) is 14.4. The highest BCUT2D eigenvalue weighted by Gasteiger charge is 2.07. The van der Waals surface area contributed by atoms with Crippen molar-refractivity contribution in [1.82, 2.24) is 9.97 Å². The van der Waals surface area contributed by atoms with Gasteiger partial charge in [-0.2, -0.15) is 0 Å². The molecule has 0 unspecified atom stereocenters. The topological polar surface area (TPSA) is 72.0 Å². The molecule has 1 N–H and O–H groups in total. The molecule has 5 nitrogen and oxygen atoms in total. The van der Waals surface area contributed by atoms with E-state index in [1.54, 1.807) is 18.3 Å². The third-order valence-electron chi connectivity index (χ3n) is 3.09. The summed E-state index contributed by atoms with van der Waals surface area (Å²) in [5, 5.41) is 0.799. The van der Waals surface area contributed by atoms with Gasteiger partial charge in [0.15, 0.2) is 0 Å². The number of carbonyl (C=O) groups is 1. The zero-order valence-corrected chi connectivity index (χ0v) is 11.5. The van der Waals surface area contributed by atoms with Crippen molar-refractivity contribution in [3.63, 3.8) is 0 Å². The standard InChI is InChI=1S/C15H18N2O3/c1-2-3-4-5-15(19)20-10-13-11-6-7-14(18)17-12(11)8-9-16-13/h6-9H,2-5,10H2,1H3,(H,17,18). The second kappa shape index (κ2) is 6.84. The van der Waals surface area contributed by atoms with Crippen LogP contribution in [0.1, 0.15) is 38.3 Å². The van der Waals surface area contributed by atoms with Crippen LogP contribution in [0, 0.1) is 0 Å². The number of pyridine rings is 2. The largest absolute Gasteiger partial charge is 0.459 e. The van der Waals surface area contributed by atoms with E-state index in [9.17, 15) is 9.59 Å². The van der Waals surface area contributed by atoms with Gasteiger partial charge in [-0.05, 0) is 18.6 Å².